The Morgan fingerprint density at radius 2 is 1.84 bits per heavy atom. The highest BCUT2D eigenvalue weighted by atomic mass is 19.1. The van der Waals surface area contributed by atoms with Crippen LogP contribution in [0, 0.1) is 5.82 Å². The number of nitrogens with zero attached hydrogens (tertiary/aromatic N) is 4. The van der Waals surface area contributed by atoms with Crippen LogP contribution in [0.2, 0.25) is 0 Å². The molecule has 0 bridgehead atoms. The van der Waals surface area contributed by atoms with Gasteiger partial charge in [-0.2, -0.15) is 4.98 Å². The molecule has 1 aromatic carbocycles. The summed E-state index contributed by atoms with van der Waals surface area (Å²) in [5, 5.41) is 3.81. The number of aromatic nitrogens is 5. The summed E-state index contributed by atoms with van der Waals surface area (Å²) >= 11 is 0. The maximum absolute atomic E-state index is 14.7. The Balaban J connectivity index is 1.39. The second-order valence-corrected chi connectivity index (χ2v) is 6.63. The zero-order valence-electron chi connectivity index (χ0n) is 16.1. The molecule has 4 heterocycles. The number of rotatable bonds is 5. The number of H-pyrrole nitrogens is 1. The van der Waals surface area contributed by atoms with Gasteiger partial charge in [0, 0.05) is 36.4 Å². The predicted octanol–water partition coefficient (Wildman–Crippen LogP) is 4.67. The lowest BCUT2D eigenvalue weighted by Crippen LogP contribution is -2.02. The van der Waals surface area contributed by atoms with Gasteiger partial charge in [-0.3, -0.25) is 4.98 Å². The van der Waals surface area contributed by atoms with E-state index in [0.717, 1.165) is 5.39 Å². The molecule has 0 saturated carbocycles. The molecule has 0 aliphatic carbocycles. The van der Waals surface area contributed by atoms with Gasteiger partial charge in [-0.05, 0) is 36.4 Å². The molecule has 5 aromatic rings. The topological polar surface area (TPSA) is 115 Å². The lowest BCUT2D eigenvalue weighted by atomic mass is 10.2. The number of nitrogen functional groups attached to an aromatic ring is 1. The molecule has 0 atom stereocenters. The summed E-state index contributed by atoms with van der Waals surface area (Å²) in [6.07, 6.45) is 5.01. The number of aromatic amines is 1. The van der Waals surface area contributed by atoms with E-state index in [1.165, 1.54) is 6.07 Å². The zero-order valence-corrected chi connectivity index (χ0v) is 16.1. The molecule has 0 unspecified atom stereocenters. The number of pyridine rings is 2. The third-order valence-corrected chi connectivity index (χ3v) is 4.52. The van der Waals surface area contributed by atoms with Crippen molar-refractivity contribution in [2.45, 2.75) is 0 Å². The minimum atomic E-state index is -0.530. The van der Waals surface area contributed by atoms with E-state index in [0.29, 0.717) is 34.3 Å². The van der Waals surface area contributed by atoms with E-state index < -0.39 is 5.82 Å². The highest BCUT2D eigenvalue weighted by Crippen LogP contribution is 2.31. The van der Waals surface area contributed by atoms with E-state index in [1.807, 2.05) is 24.3 Å². The molecule has 4 aromatic heterocycles. The van der Waals surface area contributed by atoms with Crippen molar-refractivity contribution in [3.8, 4) is 22.9 Å². The van der Waals surface area contributed by atoms with Gasteiger partial charge in [-0.1, -0.05) is 6.07 Å². The molecule has 8 nitrogen and oxygen atoms in total. The first kappa shape index (κ1) is 18.5. The van der Waals surface area contributed by atoms with E-state index >= 15 is 0 Å². The minimum Gasteiger partial charge on any atom is -0.453 e. The fourth-order valence-corrected chi connectivity index (χ4v) is 3.13. The predicted molar refractivity (Wildman–Crippen MR) is 116 cm³/mol. The fourth-order valence-electron chi connectivity index (χ4n) is 3.13. The van der Waals surface area contributed by atoms with Gasteiger partial charge < -0.3 is 20.8 Å². The Morgan fingerprint density at radius 1 is 0.903 bits per heavy atom. The van der Waals surface area contributed by atoms with Crippen molar-refractivity contribution >= 4 is 28.5 Å². The summed E-state index contributed by atoms with van der Waals surface area (Å²) in [5.74, 6) is 0.575. The number of fused-ring (bicyclic) bond motifs is 1. The Kier molecular flexibility index (Phi) is 4.60. The van der Waals surface area contributed by atoms with Crippen LogP contribution < -0.4 is 15.8 Å². The molecule has 0 saturated heterocycles. The lowest BCUT2D eigenvalue weighted by molar-refractivity contribution is 0.446. The van der Waals surface area contributed by atoms with Crippen molar-refractivity contribution < 1.29 is 9.13 Å². The molecule has 4 N–H and O–H groups in total. The Labute approximate surface area is 176 Å². The molecule has 152 valence electrons. The number of ether oxygens (including phenoxy) is 1. The molecule has 9 heteroatoms. The number of anilines is 3. The molecule has 0 spiro atoms. The number of nitrogens with two attached hydrogens (primary N) is 1. The number of halogens is 1. The van der Waals surface area contributed by atoms with Gasteiger partial charge in [0.2, 0.25) is 5.95 Å². The van der Waals surface area contributed by atoms with Crippen LogP contribution in [-0.2, 0) is 0 Å². The Hall–Kier alpha value is -4.53. The fraction of sp³-hybridized carbons (Fsp3) is 0. The molecule has 0 aliphatic rings. The quantitative estimate of drug-likeness (QED) is 0.383. The number of nitrogens with one attached hydrogen (secondary N) is 2. The Bertz CT molecular complexity index is 1370. The number of hydrogen-bond acceptors (Lipinski definition) is 7. The van der Waals surface area contributed by atoms with Crippen molar-refractivity contribution in [1.29, 1.82) is 0 Å². The largest absolute Gasteiger partial charge is 0.453 e. The monoisotopic (exact) mass is 413 g/mol. The highest BCUT2D eigenvalue weighted by Gasteiger charge is 2.11. The van der Waals surface area contributed by atoms with Crippen molar-refractivity contribution in [2.75, 3.05) is 11.1 Å². The maximum Gasteiger partial charge on any atom is 0.222 e. The normalized spacial score (nSPS) is 10.9. The summed E-state index contributed by atoms with van der Waals surface area (Å²) in [6.45, 7) is 0. The van der Waals surface area contributed by atoms with Crippen LogP contribution in [-0.4, -0.2) is 24.9 Å². The van der Waals surface area contributed by atoms with E-state index in [1.54, 1.807) is 42.9 Å². The van der Waals surface area contributed by atoms with Gasteiger partial charge in [0.15, 0.2) is 11.6 Å². The first-order chi connectivity index (χ1) is 15.2. The van der Waals surface area contributed by atoms with Gasteiger partial charge in [0.1, 0.15) is 17.2 Å². The maximum atomic E-state index is 14.7. The van der Waals surface area contributed by atoms with Gasteiger partial charge in [-0.15, -0.1) is 0 Å². The average molecular weight is 413 g/mol. The summed E-state index contributed by atoms with van der Waals surface area (Å²) in [7, 11) is 0. The van der Waals surface area contributed by atoms with Crippen LogP contribution in [0.3, 0.4) is 0 Å². The molecular weight excluding hydrogens is 397 g/mol. The van der Waals surface area contributed by atoms with Crippen LogP contribution in [0.4, 0.5) is 21.8 Å². The first-order valence-corrected chi connectivity index (χ1v) is 9.38. The summed E-state index contributed by atoms with van der Waals surface area (Å²) in [4.78, 5) is 19.8. The summed E-state index contributed by atoms with van der Waals surface area (Å²) in [6, 6.07) is 15.2. The third kappa shape index (κ3) is 3.84. The summed E-state index contributed by atoms with van der Waals surface area (Å²) in [5.41, 5.74) is 8.20. The molecule has 0 aliphatic heterocycles. The lowest BCUT2D eigenvalue weighted by Gasteiger charge is -2.11. The molecular formula is C22H16FN7O. The van der Waals surface area contributed by atoms with E-state index in [2.05, 4.69) is 30.2 Å². The van der Waals surface area contributed by atoms with Crippen LogP contribution in [0.15, 0.2) is 73.2 Å². The van der Waals surface area contributed by atoms with Crippen LogP contribution in [0.25, 0.3) is 22.4 Å². The molecule has 0 amide bonds. The summed E-state index contributed by atoms with van der Waals surface area (Å²) < 4.78 is 20.5. The van der Waals surface area contributed by atoms with E-state index in [4.69, 9.17) is 10.5 Å². The molecule has 31 heavy (non-hydrogen) atoms. The van der Waals surface area contributed by atoms with Crippen molar-refractivity contribution in [3.05, 3.63) is 79.0 Å². The molecule has 0 radical (unpaired) electrons. The van der Waals surface area contributed by atoms with E-state index in [9.17, 15) is 4.39 Å². The minimum absolute atomic E-state index is 0.0827. The smallest absolute Gasteiger partial charge is 0.222 e. The number of benzene rings is 1. The van der Waals surface area contributed by atoms with Crippen LogP contribution >= 0.6 is 0 Å². The van der Waals surface area contributed by atoms with Crippen LogP contribution in [0.5, 0.6) is 11.5 Å². The second kappa shape index (κ2) is 7.71. The van der Waals surface area contributed by atoms with E-state index in [-0.39, 0.29) is 11.7 Å². The van der Waals surface area contributed by atoms with Crippen molar-refractivity contribution in [2.24, 2.45) is 0 Å². The van der Waals surface area contributed by atoms with Gasteiger partial charge in [0.05, 0.1) is 16.8 Å². The van der Waals surface area contributed by atoms with Crippen LogP contribution in [0.1, 0.15) is 0 Å². The van der Waals surface area contributed by atoms with Gasteiger partial charge in [0.25, 0.3) is 0 Å². The van der Waals surface area contributed by atoms with Crippen molar-refractivity contribution in [3.63, 3.8) is 0 Å². The molecule has 0 fully saturated rings. The average Bonchev–Trinajstić information content (AvgIpc) is 3.26. The Morgan fingerprint density at radius 3 is 2.68 bits per heavy atom. The SMILES string of the molecule is Nc1nc(Nc2ccc(Oc3ccnc4[nH]ccc34)c(F)c2)cc(-c2ccccn2)n1. The zero-order chi connectivity index (χ0) is 21.2. The molecule has 5 rings (SSSR count). The first-order valence-electron chi connectivity index (χ1n) is 9.38. The van der Waals surface area contributed by atoms with Crippen molar-refractivity contribution in [1.82, 2.24) is 24.9 Å². The van der Waals surface area contributed by atoms with Gasteiger partial charge in [-0.25, -0.2) is 14.4 Å². The highest BCUT2D eigenvalue weighted by molar-refractivity contribution is 5.82. The standard InChI is InChI=1S/C22H16FN7O/c23-15-11-13(4-5-19(15)31-18-7-10-27-21-14(18)6-9-26-21)28-20-12-17(29-22(24)30-20)16-3-1-2-8-25-16/h1-12H,(H,26,27)(H3,24,28,29,30). The third-order valence-electron chi connectivity index (χ3n) is 4.52. The second-order valence-electron chi connectivity index (χ2n) is 6.63. The number of hydrogen-bond donors (Lipinski definition) is 3. The van der Waals surface area contributed by atoms with Gasteiger partial charge >= 0.3 is 0 Å².